The van der Waals surface area contributed by atoms with Gasteiger partial charge in [-0.05, 0) is 18.2 Å². The number of fused-ring (bicyclic) bond motifs is 1. The Hall–Kier alpha value is -2.75. The van der Waals surface area contributed by atoms with E-state index in [-0.39, 0.29) is 5.91 Å². The van der Waals surface area contributed by atoms with Crippen molar-refractivity contribution < 1.29 is 14.3 Å². The molecule has 0 aliphatic heterocycles. The second-order valence-electron chi connectivity index (χ2n) is 4.62. The zero-order chi connectivity index (χ0) is 14.8. The summed E-state index contributed by atoms with van der Waals surface area (Å²) < 4.78 is 12.2. The first-order valence-electron chi connectivity index (χ1n) is 6.57. The summed E-state index contributed by atoms with van der Waals surface area (Å²) >= 11 is 0. The normalized spacial score (nSPS) is 10.6. The number of methoxy groups -OCH3 is 2. The molecule has 0 aliphatic carbocycles. The highest BCUT2D eigenvalue weighted by Gasteiger charge is 2.14. The zero-order valence-electron chi connectivity index (χ0n) is 11.9. The molecule has 0 radical (unpaired) electrons. The molecule has 0 N–H and O–H groups in total. The van der Waals surface area contributed by atoms with E-state index in [9.17, 15) is 4.79 Å². The van der Waals surface area contributed by atoms with Crippen molar-refractivity contribution in [1.82, 2.24) is 4.57 Å². The Kier molecular flexibility index (Phi) is 3.36. The maximum absolute atomic E-state index is 12.6. The molecule has 0 spiro atoms. The highest BCUT2D eigenvalue weighted by molar-refractivity contribution is 6.03. The molecule has 3 aromatic rings. The van der Waals surface area contributed by atoms with Crippen LogP contribution in [0.25, 0.3) is 10.9 Å². The fourth-order valence-electron chi connectivity index (χ4n) is 2.37. The number of ether oxygens (including phenoxy) is 2. The first-order valence-corrected chi connectivity index (χ1v) is 6.57. The number of hydrogen-bond donors (Lipinski definition) is 0. The van der Waals surface area contributed by atoms with Crippen LogP contribution in [0.4, 0.5) is 0 Å². The molecular formula is C17H15NO3. The Morgan fingerprint density at radius 2 is 1.76 bits per heavy atom. The summed E-state index contributed by atoms with van der Waals surface area (Å²) in [4.78, 5) is 12.6. The van der Waals surface area contributed by atoms with Crippen LogP contribution in [0.5, 0.6) is 11.5 Å². The minimum absolute atomic E-state index is 0.0825. The number of nitrogens with zero attached hydrogens (tertiary/aromatic N) is 1. The molecule has 1 aromatic heterocycles. The molecule has 1 heterocycles. The van der Waals surface area contributed by atoms with Gasteiger partial charge < -0.3 is 9.47 Å². The second-order valence-corrected chi connectivity index (χ2v) is 4.62. The Labute approximate surface area is 122 Å². The van der Waals surface area contributed by atoms with Crippen LogP contribution >= 0.6 is 0 Å². The summed E-state index contributed by atoms with van der Waals surface area (Å²) in [5.41, 5.74) is 1.40. The van der Waals surface area contributed by atoms with Crippen LogP contribution in [0.3, 0.4) is 0 Å². The molecule has 0 saturated carbocycles. The van der Waals surface area contributed by atoms with Crippen LogP contribution in [0.15, 0.2) is 54.7 Å². The van der Waals surface area contributed by atoms with Crippen molar-refractivity contribution >= 4 is 16.8 Å². The average Bonchev–Trinajstić information content (AvgIpc) is 2.97. The molecule has 4 heteroatoms. The van der Waals surface area contributed by atoms with E-state index in [1.807, 2.05) is 30.3 Å². The number of benzene rings is 2. The van der Waals surface area contributed by atoms with E-state index in [0.29, 0.717) is 17.1 Å². The fourth-order valence-corrected chi connectivity index (χ4v) is 2.37. The Morgan fingerprint density at radius 3 is 2.43 bits per heavy atom. The van der Waals surface area contributed by atoms with Gasteiger partial charge in [0.1, 0.15) is 11.5 Å². The molecule has 0 saturated heterocycles. The summed E-state index contributed by atoms with van der Waals surface area (Å²) in [6.07, 6.45) is 1.75. The van der Waals surface area contributed by atoms with Crippen LogP contribution in [0.1, 0.15) is 10.4 Å². The lowest BCUT2D eigenvalue weighted by atomic mass is 10.2. The van der Waals surface area contributed by atoms with E-state index in [2.05, 4.69) is 0 Å². The minimum atomic E-state index is -0.0825. The Bertz CT molecular complexity index is 790. The minimum Gasteiger partial charge on any atom is -0.497 e. The predicted molar refractivity (Wildman–Crippen MR) is 81.2 cm³/mol. The van der Waals surface area contributed by atoms with Crippen molar-refractivity contribution in [1.29, 1.82) is 0 Å². The lowest BCUT2D eigenvalue weighted by molar-refractivity contribution is 0.0965. The van der Waals surface area contributed by atoms with Gasteiger partial charge in [-0.25, -0.2) is 0 Å². The standard InChI is InChI=1S/C17H15NO3/c1-20-13-10-15-14(16(11-13)21-2)8-9-18(15)17(19)12-6-4-3-5-7-12/h3-11H,1-2H3. The molecule has 0 fully saturated rings. The molecule has 106 valence electrons. The lowest BCUT2D eigenvalue weighted by Crippen LogP contribution is -2.10. The molecule has 0 unspecified atom stereocenters. The Balaban J connectivity index is 2.18. The third-order valence-electron chi connectivity index (χ3n) is 3.44. The van der Waals surface area contributed by atoms with Gasteiger partial charge >= 0.3 is 0 Å². The van der Waals surface area contributed by atoms with Crippen molar-refractivity contribution in [2.75, 3.05) is 14.2 Å². The van der Waals surface area contributed by atoms with E-state index in [4.69, 9.17) is 9.47 Å². The van der Waals surface area contributed by atoms with Gasteiger partial charge in [0.05, 0.1) is 19.7 Å². The number of carbonyl (C=O) groups is 1. The van der Waals surface area contributed by atoms with Crippen LogP contribution < -0.4 is 9.47 Å². The third kappa shape index (κ3) is 2.25. The largest absolute Gasteiger partial charge is 0.497 e. The van der Waals surface area contributed by atoms with Crippen molar-refractivity contribution in [3.8, 4) is 11.5 Å². The van der Waals surface area contributed by atoms with Crippen molar-refractivity contribution in [2.24, 2.45) is 0 Å². The number of rotatable bonds is 3. The third-order valence-corrected chi connectivity index (χ3v) is 3.44. The summed E-state index contributed by atoms with van der Waals surface area (Å²) in [7, 11) is 3.19. The monoisotopic (exact) mass is 281 g/mol. The number of hydrogen-bond acceptors (Lipinski definition) is 3. The van der Waals surface area contributed by atoms with Crippen LogP contribution in [-0.4, -0.2) is 24.7 Å². The molecule has 0 aliphatic rings. The number of aromatic nitrogens is 1. The summed E-state index contributed by atoms with van der Waals surface area (Å²) in [5, 5.41) is 0.877. The molecule has 3 rings (SSSR count). The predicted octanol–water partition coefficient (Wildman–Crippen LogP) is 3.35. The van der Waals surface area contributed by atoms with Crippen molar-refractivity contribution in [3.63, 3.8) is 0 Å². The zero-order valence-corrected chi connectivity index (χ0v) is 11.9. The van der Waals surface area contributed by atoms with Gasteiger partial charge in [0, 0.05) is 29.3 Å². The molecule has 0 amide bonds. The highest BCUT2D eigenvalue weighted by Crippen LogP contribution is 2.32. The van der Waals surface area contributed by atoms with Gasteiger partial charge in [-0.15, -0.1) is 0 Å². The van der Waals surface area contributed by atoms with Gasteiger partial charge in [0.15, 0.2) is 0 Å². The van der Waals surface area contributed by atoms with E-state index in [1.54, 1.807) is 43.2 Å². The molecular weight excluding hydrogens is 266 g/mol. The van der Waals surface area contributed by atoms with Gasteiger partial charge in [-0.3, -0.25) is 9.36 Å². The van der Waals surface area contributed by atoms with Gasteiger partial charge in [0.25, 0.3) is 5.91 Å². The molecule has 0 bridgehead atoms. The topological polar surface area (TPSA) is 40.5 Å². The van der Waals surface area contributed by atoms with E-state index in [1.165, 1.54) is 0 Å². The summed E-state index contributed by atoms with van der Waals surface area (Å²) in [6, 6.07) is 14.7. The SMILES string of the molecule is COc1cc(OC)c2ccn(C(=O)c3ccccc3)c2c1. The van der Waals surface area contributed by atoms with Gasteiger partial charge in [-0.1, -0.05) is 18.2 Å². The molecule has 21 heavy (non-hydrogen) atoms. The quantitative estimate of drug-likeness (QED) is 0.739. The second kappa shape index (κ2) is 5.32. The Morgan fingerprint density at radius 1 is 1.00 bits per heavy atom. The molecule has 4 nitrogen and oxygen atoms in total. The summed E-state index contributed by atoms with van der Waals surface area (Å²) in [5.74, 6) is 1.25. The molecule has 0 atom stereocenters. The van der Waals surface area contributed by atoms with Crippen molar-refractivity contribution in [2.45, 2.75) is 0 Å². The van der Waals surface area contributed by atoms with Gasteiger partial charge in [0.2, 0.25) is 0 Å². The summed E-state index contributed by atoms with van der Waals surface area (Å²) in [6.45, 7) is 0. The lowest BCUT2D eigenvalue weighted by Gasteiger charge is -2.08. The average molecular weight is 281 g/mol. The van der Waals surface area contributed by atoms with E-state index in [0.717, 1.165) is 10.9 Å². The molecule has 2 aromatic carbocycles. The van der Waals surface area contributed by atoms with Gasteiger partial charge in [-0.2, -0.15) is 0 Å². The first kappa shape index (κ1) is 13.2. The number of carbonyl (C=O) groups excluding carboxylic acids is 1. The van der Waals surface area contributed by atoms with Crippen LogP contribution in [-0.2, 0) is 0 Å². The first-order chi connectivity index (χ1) is 10.2. The smallest absolute Gasteiger partial charge is 0.262 e. The maximum atomic E-state index is 12.6. The van der Waals surface area contributed by atoms with Crippen LogP contribution in [0.2, 0.25) is 0 Å². The van der Waals surface area contributed by atoms with Crippen molar-refractivity contribution in [3.05, 3.63) is 60.3 Å². The van der Waals surface area contributed by atoms with Crippen LogP contribution in [0, 0.1) is 0 Å². The fraction of sp³-hybridized carbons (Fsp3) is 0.118. The van der Waals surface area contributed by atoms with E-state index < -0.39 is 0 Å². The van der Waals surface area contributed by atoms with E-state index >= 15 is 0 Å². The highest BCUT2D eigenvalue weighted by atomic mass is 16.5. The maximum Gasteiger partial charge on any atom is 0.262 e.